The van der Waals surface area contributed by atoms with Gasteiger partial charge in [0.05, 0.1) is 6.54 Å². The van der Waals surface area contributed by atoms with E-state index in [2.05, 4.69) is 24.2 Å². The molecule has 1 aliphatic heterocycles. The molecule has 1 heterocycles. The van der Waals surface area contributed by atoms with E-state index >= 15 is 0 Å². The van der Waals surface area contributed by atoms with Crippen molar-refractivity contribution in [1.29, 1.82) is 0 Å². The molecule has 0 bridgehead atoms. The molecular formula is C18H38N4. The zero-order chi connectivity index (χ0) is 16.3. The van der Waals surface area contributed by atoms with Crippen LogP contribution < -0.4 is 16.8 Å². The first kappa shape index (κ1) is 19.4. The molecule has 1 rings (SSSR count). The van der Waals surface area contributed by atoms with Gasteiger partial charge in [0, 0.05) is 18.0 Å². The average Bonchev–Trinajstić information content (AvgIpc) is 3.03. The topological polar surface area (TPSA) is 76.4 Å². The SMILES string of the molecule is CCCCCCCCCCC(CCN)(C1=NCCN1)C(C)N. The third-order valence-electron chi connectivity index (χ3n) is 5.08. The highest BCUT2D eigenvalue weighted by Crippen LogP contribution is 2.34. The van der Waals surface area contributed by atoms with E-state index < -0.39 is 0 Å². The van der Waals surface area contributed by atoms with Crippen LogP contribution in [0.5, 0.6) is 0 Å². The van der Waals surface area contributed by atoms with Crippen molar-refractivity contribution < 1.29 is 0 Å². The van der Waals surface area contributed by atoms with Gasteiger partial charge in [-0.05, 0) is 26.3 Å². The fraction of sp³-hybridized carbons (Fsp3) is 0.944. The number of nitrogens with zero attached hydrogens (tertiary/aromatic N) is 1. The van der Waals surface area contributed by atoms with Gasteiger partial charge in [-0.25, -0.2) is 0 Å². The Morgan fingerprint density at radius 1 is 1.09 bits per heavy atom. The Morgan fingerprint density at radius 3 is 2.23 bits per heavy atom. The Labute approximate surface area is 137 Å². The fourth-order valence-corrected chi connectivity index (χ4v) is 3.60. The molecule has 0 aromatic heterocycles. The van der Waals surface area contributed by atoms with Crippen LogP contribution in [0.15, 0.2) is 4.99 Å². The van der Waals surface area contributed by atoms with Gasteiger partial charge in [0.1, 0.15) is 5.84 Å². The first-order valence-electron chi connectivity index (χ1n) is 9.42. The minimum atomic E-state index is -0.0343. The minimum absolute atomic E-state index is 0.0343. The van der Waals surface area contributed by atoms with Crippen LogP contribution in [0.2, 0.25) is 0 Å². The van der Waals surface area contributed by atoms with Crippen LogP contribution >= 0.6 is 0 Å². The monoisotopic (exact) mass is 310 g/mol. The molecule has 0 spiro atoms. The molecule has 0 saturated heterocycles. The molecule has 0 radical (unpaired) electrons. The molecule has 0 amide bonds. The molecule has 1 aliphatic rings. The molecule has 0 aliphatic carbocycles. The lowest BCUT2D eigenvalue weighted by atomic mass is 9.73. The second-order valence-electron chi connectivity index (χ2n) is 6.87. The Hall–Kier alpha value is -0.610. The van der Waals surface area contributed by atoms with Gasteiger partial charge in [-0.3, -0.25) is 4.99 Å². The van der Waals surface area contributed by atoms with E-state index in [1.54, 1.807) is 0 Å². The van der Waals surface area contributed by atoms with Crippen LogP contribution in [0.25, 0.3) is 0 Å². The summed E-state index contributed by atoms with van der Waals surface area (Å²) in [6.45, 7) is 6.89. The second kappa shape index (κ2) is 11.0. The summed E-state index contributed by atoms with van der Waals surface area (Å²) in [4.78, 5) is 4.67. The molecule has 130 valence electrons. The van der Waals surface area contributed by atoms with Gasteiger partial charge in [0.15, 0.2) is 0 Å². The highest BCUT2D eigenvalue weighted by atomic mass is 15.1. The third-order valence-corrected chi connectivity index (χ3v) is 5.08. The summed E-state index contributed by atoms with van der Waals surface area (Å²) in [5.74, 6) is 1.12. The van der Waals surface area contributed by atoms with Crippen LogP contribution in [0.3, 0.4) is 0 Å². The number of nitrogens with two attached hydrogens (primary N) is 2. The van der Waals surface area contributed by atoms with Crippen molar-refractivity contribution in [2.75, 3.05) is 19.6 Å². The zero-order valence-corrected chi connectivity index (χ0v) is 14.9. The Bertz CT molecular complexity index is 314. The van der Waals surface area contributed by atoms with E-state index in [4.69, 9.17) is 11.5 Å². The normalized spacial score (nSPS) is 18.6. The molecule has 0 aromatic rings. The molecule has 4 nitrogen and oxygen atoms in total. The van der Waals surface area contributed by atoms with E-state index in [1.807, 2.05) is 0 Å². The molecule has 2 unspecified atom stereocenters. The molecule has 0 saturated carbocycles. The maximum absolute atomic E-state index is 6.36. The first-order valence-corrected chi connectivity index (χ1v) is 9.42. The van der Waals surface area contributed by atoms with Gasteiger partial charge < -0.3 is 16.8 Å². The molecule has 0 aromatic carbocycles. The molecule has 5 N–H and O–H groups in total. The molecule has 2 atom stereocenters. The largest absolute Gasteiger partial charge is 0.371 e. The predicted molar refractivity (Wildman–Crippen MR) is 97.3 cm³/mol. The Morgan fingerprint density at radius 2 is 1.73 bits per heavy atom. The van der Waals surface area contributed by atoms with Crippen LogP contribution in [-0.2, 0) is 0 Å². The number of unbranched alkanes of at least 4 members (excludes halogenated alkanes) is 7. The standard InChI is InChI=1S/C18H38N4/c1-3-4-5-6-7-8-9-10-11-18(12-13-19,16(2)20)17-21-14-15-22-17/h16H,3-15,19-20H2,1-2H3,(H,21,22). The highest BCUT2D eigenvalue weighted by molar-refractivity contribution is 5.90. The number of hydrogen-bond acceptors (Lipinski definition) is 4. The Kier molecular flexibility index (Phi) is 9.73. The Balaban J connectivity index is 2.38. The highest BCUT2D eigenvalue weighted by Gasteiger charge is 2.39. The van der Waals surface area contributed by atoms with E-state index in [0.29, 0.717) is 6.54 Å². The van der Waals surface area contributed by atoms with E-state index in [1.165, 1.54) is 51.4 Å². The maximum atomic E-state index is 6.36. The van der Waals surface area contributed by atoms with Crippen molar-refractivity contribution in [2.45, 2.75) is 84.1 Å². The summed E-state index contributed by atoms with van der Waals surface area (Å²) < 4.78 is 0. The minimum Gasteiger partial charge on any atom is -0.371 e. The van der Waals surface area contributed by atoms with Gasteiger partial charge in [0.25, 0.3) is 0 Å². The van der Waals surface area contributed by atoms with Crippen LogP contribution in [-0.4, -0.2) is 31.5 Å². The van der Waals surface area contributed by atoms with E-state index in [0.717, 1.165) is 31.8 Å². The lowest BCUT2D eigenvalue weighted by molar-refractivity contribution is 0.286. The summed E-state index contributed by atoms with van der Waals surface area (Å²) >= 11 is 0. The maximum Gasteiger partial charge on any atom is 0.104 e. The molecule has 22 heavy (non-hydrogen) atoms. The fourth-order valence-electron chi connectivity index (χ4n) is 3.60. The summed E-state index contributed by atoms with van der Waals surface area (Å²) in [7, 11) is 0. The molecular weight excluding hydrogens is 272 g/mol. The van der Waals surface area contributed by atoms with Crippen molar-refractivity contribution >= 4 is 5.84 Å². The second-order valence-corrected chi connectivity index (χ2v) is 6.87. The number of nitrogens with one attached hydrogen (secondary N) is 1. The zero-order valence-electron chi connectivity index (χ0n) is 14.9. The summed E-state index contributed by atoms with van der Waals surface area (Å²) in [5, 5.41) is 3.45. The lowest BCUT2D eigenvalue weighted by Gasteiger charge is -2.37. The van der Waals surface area contributed by atoms with Gasteiger partial charge >= 0.3 is 0 Å². The molecule has 4 heteroatoms. The van der Waals surface area contributed by atoms with Crippen molar-refractivity contribution in [3.05, 3.63) is 0 Å². The van der Waals surface area contributed by atoms with Gasteiger partial charge in [-0.1, -0.05) is 58.3 Å². The lowest BCUT2D eigenvalue weighted by Crippen LogP contribution is -2.51. The number of hydrogen-bond donors (Lipinski definition) is 3. The van der Waals surface area contributed by atoms with Gasteiger partial charge in [-0.2, -0.15) is 0 Å². The average molecular weight is 311 g/mol. The van der Waals surface area contributed by atoms with Crippen molar-refractivity contribution in [3.8, 4) is 0 Å². The smallest absolute Gasteiger partial charge is 0.104 e. The number of rotatable bonds is 13. The van der Waals surface area contributed by atoms with Crippen molar-refractivity contribution in [1.82, 2.24) is 5.32 Å². The summed E-state index contributed by atoms with van der Waals surface area (Å²) in [6.07, 6.45) is 12.8. The third kappa shape index (κ3) is 5.88. The van der Waals surface area contributed by atoms with Gasteiger partial charge in [0.2, 0.25) is 0 Å². The quantitative estimate of drug-likeness (QED) is 0.457. The number of aliphatic imine (C=N–C) groups is 1. The first-order chi connectivity index (χ1) is 10.7. The van der Waals surface area contributed by atoms with Crippen LogP contribution in [0, 0.1) is 5.41 Å². The van der Waals surface area contributed by atoms with Gasteiger partial charge in [-0.15, -0.1) is 0 Å². The van der Waals surface area contributed by atoms with E-state index in [9.17, 15) is 0 Å². The van der Waals surface area contributed by atoms with Crippen molar-refractivity contribution in [2.24, 2.45) is 21.9 Å². The van der Waals surface area contributed by atoms with Crippen LogP contribution in [0.1, 0.15) is 78.1 Å². The number of amidine groups is 1. The summed E-state index contributed by atoms with van der Waals surface area (Å²) in [5.41, 5.74) is 12.2. The van der Waals surface area contributed by atoms with Crippen molar-refractivity contribution in [3.63, 3.8) is 0 Å². The molecule has 0 fully saturated rings. The van der Waals surface area contributed by atoms with Crippen LogP contribution in [0.4, 0.5) is 0 Å². The predicted octanol–water partition coefficient (Wildman–Crippen LogP) is 3.20. The summed E-state index contributed by atoms with van der Waals surface area (Å²) in [6, 6.07) is 0.102. The van der Waals surface area contributed by atoms with E-state index in [-0.39, 0.29) is 11.5 Å².